The Morgan fingerprint density at radius 3 is 3.04 bits per heavy atom. The maximum atomic E-state index is 11.7. The van der Waals surface area contributed by atoms with Gasteiger partial charge in [-0.3, -0.25) is 9.89 Å². The molecule has 0 aliphatic rings. The van der Waals surface area contributed by atoms with Crippen molar-refractivity contribution in [2.24, 2.45) is 5.92 Å². The van der Waals surface area contributed by atoms with Crippen molar-refractivity contribution < 1.29 is 9.53 Å². The SMILES string of the molecule is CC(C)COC(=O)CSc1n[nH]c(-c2cnn(-c3cccc(Cl)c3)c2)n1. The molecule has 0 aliphatic heterocycles. The molecule has 0 atom stereocenters. The Morgan fingerprint density at radius 2 is 2.27 bits per heavy atom. The molecular formula is C17H18ClN5O2S. The first-order valence-corrected chi connectivity index (χ1v) is 9.39. The third kappa shape index (κ3) is 4.86. The molecule has 136 valence electrons. The zero-order chi connectivity index (χ0) is 18.5. The minimum absolute atomic E-state index is 0.172. The maximum absolute atomic E-state index is 11.7. The number of nitrogens with zero attached hydrogens (tertiary/aromatic N) is 4. The van der Waals surface area contributed by atoms with E-state index in [1.165, 1.54) is 11.8 Å². The predicted molar refractivity (Wildman–Crippen MR) is 100 cm³/mol. The summed E-state index contributed by atoms with van der Waals surface area (Å²) < 4.78 is 6.84. The second kappa shape index (κ2) is 8.37. The number of H-pyrrole nitrogens is 1. The van der Waals surface area contributed by atoms with E-state index >= 15 is 0 Å². The summed E-state index contributed by atoms with van der Waals surface area (Å²) >= 11 is 7.24. The van der Waals surface area contributed by atoms with Crippen molar-refractivity contribution >= 4 is 29.3 Å². The average Bonchev–Trinajstić information content (AvgIpc) is 3.27. The molecular weight excluding hydrogens is 374 g/mol. The lowest BCUT2D eigenvalue weighted by molar-refractivity contribution is -0.141. The number of carbonyl (C=O) groups is 1. The fourth-order valence-electron chi connectivity index (χ4n) is 2.07. The number of hydrogen-bond donors (Lipinski definition) is 1. The third-order valence-corrected chi connectivity index (χ3v) is 4.35. The lowest BCUT2D eigenvalue weighted by Crippen LogP contribution is -2.11. The lowest BCUT2D eigenvalue weighted by atomic mass is 10.2. The third-order valence-electron chi connectivity index (χ3n) is 3.29. The Hall–Kier alpha value is -2.32. The van der Waals surface area contributed by atoms with Gasteiger partial charge in [-0.05, 0) is 24.1 Å². The first kappa shape index (κ1) is 18.5. The van der Waals surface area contributed by atoms with Crippen LogP contribution in [0.3, 0.4) is 0 Å². The fraction of sp³-hybridized carbons (Fsp3) is 0.294. The van der Waals surface area contributed by atoms with E-state index in [9.17, 15) is 4.79 Å². The van der Waals surface area contributed by atoms with Crippen molar-refractivity contribution in [3.63, 3.8) is 0 Å². The van der Waals surface area contributed by atoms with Gasteiger partial charge in [-0.2, -0.15) is 5.10 Å². The van der Waals surface area contributed by atoms with Gasteiger partial charge in [-0.1, -0.05) is 43.3 Å². The monoisotopic (exact) mass is 391 g/mol. The highest BCUT2D eigenvalue weighted by Crippen LogP contribution is 2.21. The van der Waals surface area contributed by atoms with E-state index in [2.05, 4.69) is 20.3 Å². The van der Waals surface area contributed by atoms with Crippen LogP contribution >= 0.6 is 23.4 Å². The molecule has 0 bridgehead atoms. The molecule has 0 saturated carbocycles. The molecule has 0 amide bonds. The summed E-state index contributed by atoms with van der Waals surface area (Å²) in [5.41, 5.74) is 1.64. The number of hydrogen-bond acceptors (Lipinski definition) is 6. The first-order chi connectivity index (χ1) is 12.5. The normalized spacial score (nSPS) is 11.1. The van der Waals surface area contributed by atoms with E-state index in [1.54, 1.807) is 10.9 Å². The Morgan fingerprint density at radius 1 is 1.42 bits per heavy atom. The highest BCUT2D eigenvalue weighted by molar-refractivity contribution is 7.99. The molecule has 1 N–H and O–H groups in total. The van der Waals surface area contributed by atoms with Crippen molar-refractivity contribution in [2.75, 3.05) is 12.4 Å². The molecule has 0 radical (unpaired) electrons. The Labute approximate surface area is 160 Å². The van der Waals surface area contributed by atoms with E-state index in [1.807, 2.05) is 44.3 Å². The summed E-state index contributed by atoms with van der Waals surface area (Å²) in [5, 5.41) is 12.4. The molecule has 3 rings (SSSR count). The van der Waals surface area contributed by atoms with Crippen LogP contribution in [0.5, 0.6) is 0 Å². The van der Waals surface area contributed by atoms with Crippen LogP contribution < -0.4 is 0 Å². The van der Waals surface area contributed by atoms with Crippen LogP contribution in [0, 0.1) is 5.92 Å². The summed E-state index contributed by atoms with van der Waals surface area (Å²) in [6.45, 7) is 4.40. The van der Waals surface area contributed by atoms with Gasteiger partial charge < -0.3 is 4.74 Å². The lowest BCUT2D eigenvalue weighted by Gasteiger charge is -2.05. The topological polar surface area (TPSA) is 85.7 Å². The molecule has 26 heavy (non-hydrogen) atoms. The molecule has 1 aromatic carbocycles. The van der Waals surface area contributed by atoms with Crippen LogP contribution in [-0.4, -0.2) is 43.3 Å². The molecule has 0 fully saturated rings. The standard InChI is InChI=1S/C17H18ClN5O2S/c1-11(2)9-25-15(24)10-26-17-20-16(21-22-17)12-7-19-23(8-12)14-5-3-4-13(18)6-14/h3-8,11H,9-10H2,1-2H3,(H,20,21,22). The largest absolute Gasteiger partial charge is 0.465 e. The van der Waals surface area contributed by atoms with Gasteiger partial charge in [0.15, 0.2) is 5.82 Å². The summed E-state index contributed by atoms with van der Waals surface area (Å²) in [4.78, 5) is 16.0. The van der Waals surface area contributed by atoms with Crippen molar-refractivity contribution in [1.29, 1.82) is 0 Å². The van der Waals surface area contributed by atoms with Crippen LogP contribution in [0.2, 0.25) is 5.02 Å². The summed E-state index contributed by atoms with van der Waals surface area (Å²) in [5.74, 6) is 0.793. The quantitative estimate of drug-likeness (QED) is 0.489. The molecule has 3 aromatic rings. The second-order valence-electron chi connectivity index (χ2n) is 5.99. The van der Waals surface area contributed by atoms with Crippen LogP contribution in [0.15, 0.2) is 41.8 Å². The fourth-order valence-corrected chi connectivity index (χ4v) is 2.85. The highest BCUT2D eigenvalue weighted by Gasteiger charge is 2.12. The van der Waals surface area contributed by atoms with E-state index < -0.39 is 0 Å². The second-order valence-corrected chi connectivity index (χ2v) is 7.36. The molecule has 0 spiro atoms. The Balaban J connectivity index is 1.62. The van der Waals surface area contributed by atoms with E-state index in [4.69, 9.17) is 16.3 Å². The Bertz CT molecular complexity index is 893. The molecule has 2 heterocycles. The number of aromatic amines is 1. The van der Waals surface area contributed by atoms with Crippen LogP contribution in [-0.2, 0) is 9.53 Å². The smallest absolute Gasteiger partial charge is 0.316 e. The van der Waals surface area contributed by atoms with Crippen molar-refractivity contribution in [2.45, 2.75) is 19.0 Å². The minimum atomic E-state index is -0.274. The number of nitrogens with one attached hydrogen (secondary N) is 1. The van der Waals surface area contributed by atoms with Gasteiger partial charge in [0.05, 0.1) is 29.8 Å². The number of rotatable bonds is 7. The molecule has 0 saturated heterocycles. The maximum Gasteiger partial charge on any atom is 0.316 e. The van der Waals surface area contributed by atoms with Crippen molar-refractivity contribution in [3.8, 4) is 17.1 Å². The number of thioether (sulfide) groups is 1. The number of halogens is 1. The zero-order valence-electron chi connectivity index (χ0n) is 14.3. The van der Waals surface area contributed by atoms with Gasteiger partial charge in [0.25, 0.3) is 0 Å². The molecule has 0 unspecified atom stereocenters. The van der Waals surface area contributed by atoms with Crippen LogP contribution in [0.25, 0.3) is 17.1 Å². The summed E-state index contributed by atoms with van der Waals surface area (Å²) in [7, 11) is 0. The molecule has 7 nitrogen and oxygen atoms in total. The molecule has 9 heteroatoms. The summed E-state index contributed by atoms with van der Waals surface area (Å²) in [6.07, 6.45) is 3.52. The van der Waals surface area contributed by atoms with E-state index in [0.717, 1.165) is 11.3 Å². The summed E-state index contributed by atoms with van der Waals surface area (Å²) in [6, 6.07) is 7.40. The van der Waals surface area contributed by atoms with Gasteiger partial charge in [0, 0.05) is 11.2 Å². The molecule has 2 aromatic heterocycles. The van der Waals surface area contributed by atoms with E-state index in [-0.39, 0.29) is 11.7 Å². The number of benzene rings is 1. The van der Waals surface area contributed by atoms with Gasteiger partial charge in [-0.15, -0.1) is 5.10 Å². The molecule has 0 aliphatic carbocycles. The number of carbonyl (C=O) groups excluding carboxylic acids is 1. The first-order valence-electron chi connectivity index (χ1n) is 8.03. The Kier molecular flexibility index (Phi) is 5.95. The average molecular weight is 392 g/mol. The van der Waals surface area contributed by atoms with Gasteiger partial charge in [0.1, 0.15) is 0 Å². The van der Waals surface area contributed by atoms with Gasteiger partial charge in [-0.25, -0.2) is 9.67 Å². The number of esters is 1. The van der Waals surface area contributed by atoms with Gasteiger partial charge >= 0.3 is 5.97 Å². The van der Waals surface area contributed by atoms with Crippen LogP contribution in [0.4, 0.5) is 0 Å². The van der Waals surface area contributed by atoms with Crippen molar-refractivity contribution in [3.05, 3.63) is 41.7 Å². The number of ether oxygens (including phenoxy) is 1. The van der Waals surface area contributed by atoms with Gasteiger partial charge in [0.2, 0.25) is 5.16 Å². The minimum Gasteiger partial charge on any atom is -0.465 e. The predicted octanol–water partition coefficient (Wildman–Crippen LogP) is 3.60. The van der Waals surface area contributed by atoms with Crippen molar-refractivity contribution in [1.82, 2.24) is 25.0 Å². The number of aromatic nitrogens is 5. The van der Waals surface area contributed by atoms with E-state index in [0.29, 0.717) is 28.5 Å². The van der Waals surface area contributed by atoms with Crippen LogP contribution in [0.1, 0.15) is 13.8 Å². The zero-order valence-corrected chi connectivity index (χ0v) is 15.9. The highest BCUT2D eigenvalue weighted by atomic mass is 35.5.